The second-order valence-corrected chi connectivity index (χ2v) is 4.08. The molecular formula is C6H11NOS2. The van der Waals surface area contributed by atoms with Gasteiger partial charge in [0.15, 0.2) is 0 Å². The van der Waals surface area contributed by atoms with Gasteiger partial charge in [0.1, 0.15) is 5.25 Å². The first kappa shape index (κ1) is 8.27. The quantitative estimate of drug-likeness (QED) is 0.416. The number of hydrogen-bond acceptors (Lipinski definition) is 3. The topological polar surface area (TPSA) is 29.1 Å². The van der Waals surface area contributed by atoms with E-state index in [0.717, 1.165) is 6.42 Å². The first-order valence-electron chi connectivity index (χ1n) is 3.28. The van der Waals surface area contributed by atoms with Crippen LogP contribution in [0.25, 0.3) is 0 Å². The Labute approximate surface area is 71.6 Å². The SMILES string of the molecule is CC(S)CC1NC(=O)C1S. The highest BCUT2D eigenvalue weighted by Gasteiger charge is 2.36. The lowest BCUT2D eigenvalue weighted by molar-refractivity contribution is -0.127. The van der Waals surface area contributed by atoms with E-state index in [1.807, 2.05) is 6.92 Å². The van der Waals surface area contributed by atoms with E-state index in [4.69, 9.17) is 0 Å². The fourth-order valence-corrected chi connectivity index (χ4v) is 1.49. The fraction of sp³-hybridized carbons (Fsp3) is 0.833. The summed E-state index contributed by atoms with van der Waals surface area (Å²) in [4.78, 5) is 10.6. The first-order chi connectivity index (χ1) is 4.61. The van der Waals surface area contributed by atoms with Crippen molar-refractivity contribution >= 4 is 31.2 Å². The van der Waals surface area contributed by atoms with Gasteiger partial charge in [-0.3, -0.25) is 4.79 Å². The minimum absolute atomic E-state index is 0.0438. The molecule has 0 saturated carbocycles. The van der Waals surface area contributed by atoms with Gasteiger partial charge in [-0.2, -0.15) is 25.3 Å². The smallest absolute Gasteiger partial charge is 0.235 e. The molecule has 1 heterocycles. The largest absolute Gasteiger partial charge is 0.351 e. The molecule has 0 radical (unpaired) electrons. The average Bonchev–Trinajstić information content (AvgIpc) is 1.86. The molecule has 1 saturated heterocycles. The van der Waals surface area contributed by atoms with Crippen LogP contribution >= 0.6 is 25.3 Å². The van der Waals surface area contributed by atoms with Gasteiger partial charge in [-0.25, -0.2) is 0 Å². The molecule has 0 spiro atoms. The highest BCUT2D eigenvalue weighted by Crippen LogP contribution is 2.18. The Hall–Kier alpha value is 0.170. The maximum absolute atomic E-state index is 10.6. The number of carbonyl (C=O) groups is 1. The van der Waals surface area contributed by atoms with Crippen LogP contribution in [0.2, 0.25) is 0 Å². The summed E-state index contributed by atoms with van der Waals surface area (Å²) >= 11 is 8.31. The second kappa shape index (κ2) is 3.05. The summed E-state index contributed by atoms with van der Waals surface area (Å²) in [6, 6.07) is 0.239. The van der Waals surface area contributed by atoms with E-state index in [-0.39, 0.29) is 17.2 Å². The molecule has 0 aromatic carbocycles. The molecule has 3 atom stereocenters. The molecule has 1 aliphatic rings. The molecule has 0 bridgehead atoms. The van der Waals surface area contributed by atoms with Crippen LogP contribution in [-0.2, 0) is 4.79 Å². The summed E-state index contributed by atoms with van der Waals surface area (Å²) in [5.41, 5.74) is 0. The maximum atomic E-state index is 10.6. The zero-order valence-corrected chi connectivity index (χ0v) is 7.53. The fourth-order valence-electron chi connectivity index (χ4n) is 0.989. The molecule has 0 aromatic rings. The Morgan fingerprint density at radius 3 is 2.70 bits per heavy atom. The van der Waals surface area contributed by atoms with Crippen LogP contribution in [-0.4, -0.2) is 22.4 Å². The Bertz CT molecular complexity index is 149. The minimum Gasteiger partial charge on any atom is -0.351 e. The van der Waals surface area contributed by atoms with Crippen molar-refractivity contribution in [3.63, 3.8) is 0 Å². The van der Waals surface area contributed by atoms with E-state index in [2.05, 4.69) is 30.6 Å². The van der Waals surface area contributed by atoms with E-state index in [9.17, 15) is 4.79 Å². The van der Waals surface area contributed by atoms with Crippen molar-refractivity contribution in [2.75, 3.05) is 0 Å². The third-order valence-electron chi connectivity index (χ3n) is 1.57. The highest BCUT2D eigenvalue weighted by molar-refractivity contribution is 7.82. The van der Waals surface area contributed by atoms with E-state index >= 15 is 0 Å². The lowest BCUT2D eigenvalue weighted by Gasteiger charge is -2.34. The van der Waals surface area contributed by atoms with Crippen LogP contribution in [0.3, 0.4) is 0 Å². The molecule has 1 aliphatic heterocycles. The van der Waals surface area contributed by atoms with E-state index in [0.29, 0.717) is 5.25 Å². The van der Waals surface area contributed by atoms with Gasteiger partial charge in [-0.05, 0) is 6.42 Å². The predicted molar refractivity (Wildman–Crippen MR) is 47.8 cm³/mol. The third-order valence-corrected chi connectivity index (χ3v) is 2.38. The van der Waals surface area contributed by atoms with Gasteiger partial charge in [0.25, 0.3) is 0 Å². The van der Waals surface area contributed by atoms with Gasteiger partial charge in [-0.1, -0.05) is 6.92 Å². The summed E-state index contributed by atoms with van der Waals surface area (Å²) in [5, 5.41) is 2.99. The van der Waals surface area contributed by atoms with Gasteiger partial charge in [0.2, 0.25) is 5.91 Å². The molecule has 1 fully saturated rings. The van der Waals surface area contributed by atoms with Crippen LogP contribution in [0.4, 0.5) is 0 Å². The van der Waals surface area contributed by atoms with Crippen molar-refractivity contribution in [2.24, 2.45) is 0 Å². The van der Waals surface area contributed by atoms with Crippen molar-refractivity contribution in [1.29, 1.82) is 0 Å². The lowest BCUT2D eigenvalue weighted by atomic mass is 10.0. The number of β-lactam (4-membered cyclic amide) rings is 1. The van der Waals surface area contributed by atoms with Crippen molar-refractivity contribution in [1.82, 2.24) is 5.32 Å². The van der Waals surface area contributed by atoms with Crippen LogP contribution in [0.5, 0.6) is 0 Å². The molecule has 2 nitrogen and oxygen atoms in total. The third kappa shape index (κ3) is 1.61. The first-order valence-corrected chi connectivity index (χ1v) is 4.31. The van der Waals surface area contributed by atoms with Gasteiger partial charge in [0, 0.05) is 5.25 Å². The van der Waals surface area contributed by atoms with E-state index < -0.39 is 0 Å². The molecular weight excluding hydrogens is 166 g/mol. The monoisotopic (exact) mass is 177 g/mol. The molecule has 0 aromatic heterocycles. The summed E-state index contributed by atoms with van der Waals surface area (Å²) in [5.74, 6) is 0.0438. The van der Waals surface area contributed by atoms with E-state index in [1.54, 1.807) is 0 Å². The number of thiol groups is 2. The summed E-state index contributed by atoms with van der Waals surface area (Å²) < 4.78 is 0. The van der Waals surface area contributed by atoms with Crippen molar-refractivity contribution in [3.05, 3.63) is 0 Å². The van der Waals surface area contributed by atoms with Gasteiger partial charge < -0.3 is 5.32 Å². The molecule has 4 heteroatoms. The summed E-state index contributed by atoms with van der Waals surface area (Å²) in [6.45, 7) is 2.01. The zero-order chi connectivity index (χ0) is 7.72. The van der Waals surface area contributed by atoms with Crippen LogP contribution < -0.4 is 5.32 Å². The second-order valence-electron chi connectivity index (χ2n) is 2.64. The zero-order valence-electron chi connectivity index (χ0n) is 5.74. The number of rotatable bonds is 2. The Kier molecular flexibility index (Phi) is 2.52. The van der Waals surface area contributed by atoms with Gasteiger partial charge in [-0.15, -0.1) is 0 Å². The van der Waals surface area contributed by atoms with Gasteiger partial charge in [0.05, 0.1) is 6.04 Å². The lowest BCUT2D eigenvalue weighted by Crippen LogP contribution is -2.60. The van der Waals surface area contributed by atoms with Gasteiger partial charge >= 0.3 is 0 Å². The molecule has 3 unspecified atom stereocenters. The number of amides is 1. The minimum atomic E-state index is -0.102. The number of nitrogens with one attached hydrogen (secondary N) is 1. The number of carbonyl (C=O) groups excluding carboxylic acids is 1. The maximum Gasteiger partial charge on any atom is 0.235 e. The van der Waals surface area contributed by atoms with Crippen LogP contribution in [0, 0.1) is 0 Å². The highest BCUT2D eigenvalue weighted by atomic mass is 32.1. The van der Waals surface area contributed by atoms with Crippen LogP contribution in [0.15, 0.2) is 0 Å². The normalized spacial score (nSPS) is 34.5. The molecule has 0 aliphatic carbocycles. The van der Waals surface area contributed by atoms with E-state index in [1.165, 1.54) is 0 Å². The standard InChI is InChI=1S/C6H11NOS2/c1-3(9)2-4-5(10)6(8)7-4/h3-5,9-10H,2H2,1H3,(H,7,8). The number of hydrogen-bond donors (Lipinski definition) is 3. The Morgan fingerprint density at radius 2 is 2.40 bits per heavy atom. The summed E-state index contributed by atoms with van der Waals surface area (Å²) in [7, 11) is 0. The average molecular weight is 177 g/mol. The molecule has 1 N–H and O–H groups in total. The van der Waals surface area contributed by atoms with Crippen LogP contribution in [0.1, 0.15) is 13.3 Å². The molecule has 1 amide bonds. The van der Waals surface area contributed by atoms with Crippen molar-refractivity contribution in [3.8, 4) is 0 Å². The van der Waals surface area contributed by atoms with Crippen molar-refractivity contribution in [2.45, 2.75) is 29.9 Å². The Morgan fingerprint density at radius 1 is 1.80 bits per heavy atom. The summed E-state index contributed by atoms with van der Waals surface area (Å²) in [6.07, 6.45) is 0.906. The predicted octanol–water partition coefficient (Wildman–Crippen LogP) is 0.492. The molecule has 1 rings (SSSR count). The molecule has 10 heavy (non-hydrogen) atoms. The molecule has 58 valence electrons. The van der Waals surface area contributed by atoms with Crippen molar-refractivity contribution < 1.29 is 4.79 Å². The Balaban J connectivity index is 2.27.